The van der Waals surface area contributed by atoms with Crippen LogP contribution >= 0.6 is 32.4 Å². The second kappa shape index (κ2) is 6.09. The lowest BCUT2D eigenvalue weighted by Gasteiger charge is -2.24. The number of carbonyl (C=O) groups is 1. The summed E-state index contributed by atoms with van der Waals surface area (Å²) < 4.78 is 10.6. The van der Waals surface area contributed by atoms with E-state index in [1.807, 2.05) is 0 Å². The summed E-state index contributed by atoms with van der Waals surface area (Å²) >= 11 is 12.3. The van der Waals surface area contributed by atoms with Crippen LogP contribution in [0.15, 0.2) is 6.07 Å². The standard InChI is InChI=1S/C14H17Cl2O3P/c1-18-11-8(15)7-9(16)12(19-2)10(11)13(17)14(20)5-3-4-6-14/h7H,3-6,20H2,1-2H3. The Balaban J connectivity index is 2.62. The topological polar surface area (TPSA) is 35.5 Å². The highest BCUT2D eigenvalue weighted by molar-refractivity contribution is 7.21. The molecular weight excluding hydrogens is 318 g/mol. The van der Waals surface area contributed by atoms with Crippen LogP contribution in [-0.2, 0) is 0 Å². The number of methoxy groups -OCH3 is 2. The zero-order valence-electron chi connectivity index (χ0n) is 11.5. The van der Waals surface area contributed by atoms with Gasteiger partial charge in [0.1, 0.15) is 5.56 Å². The molecule has 0 spiro atoms. The molecule has 6 heteroatoms. The first-order chi connectivity index (χ1) is 9.44. The minimum atomic E-state index is -0.478. The van der Waals surface area contributed by atoms with E-state index in [2.05, 4.69) is 9.24 Å². The zero-order chi connectivity index (χ0) is 14.9. The van der Waals surface area contributed by atoms with Crippen LogP contribution in [-0.4, -0.2) is 25.2 Å². The van der Waals surface area contributed by atoms with Crippen molar-refractivity contribution in [2.24, 2.45) is 0 Å². The maximum atomic E-state index is 12.9. The van der Waals surface area contributed by atoms with Crippen molar-refractivity contribution in [3.8, 4) is 11.5 Å². The Labute approximate surface area is 131 Å². The van der Waals surface area contributed by atoms with E-state index >= 15 is 0 Å². The third-order valence-electron chi connectivity index (χ3n) is 3.72. The maximum absolute atomic E-state index is 12.9. The van der Waals surface area contributed by atoms with Crippen molar-refractivity contribution in [1.29, 1.82) is 0 Å². The minimum Gasteiger partial charge on any atom is -0.494 e. The van der Waals surface area contributed by atoms with Crippen LogP contribution < -0.4 is 9.47 Å². The van der Waals surface area contributed by atoms with Gasteiger partial charge in [-0.3, -0.25) is 4.79 Å². The van der Waals surface area contributed by atoms with Crippen LogP contribution in [0.5, 0.6) is 11.5 Å². The largest absolute Gasteiger partial charge is 0.494 e. The number of carbonyl (C=O) groups excluding carboxylic acids is 1. The van der Waals surface area contributed by atoms with E-state index in [0.29, 0.717) is 27.1 Å². The van der Waals surface area contributed by atoms with Crippen molar-refractivity contribution in [2.75, 3.05) is 14.2 Å². The first-order valence-corrected chi connectivity index (χ1v) is 7.71. The zero-order valence-corrected chi connectivity index (χ0v) is 14.1. The van der Waals surface area contributed by atoms with Crippen molar-refractivity contribution >= 4 is 38.2 Å². The Hall–Kier alpha value is -0.500. The molecule has 1 saturated carbocycles. The van der Waals surface area contributed by atoms with E-state index < -0.39 is 5.16 Å². The van der Waals surface area contributed by atoms with Crippen molar-refractivity contribution < 1.29 is 14.3 Å². The molecule has 0 saturated heterocycles. The van der Waals surface area contributed by atoms with Crippen molar-refractivity contribution in [2.45, 2.75) is 30.8 Å². The first kappa shape index (κ1) is 15.9. The highest BCUT2D eigenvalue weighted by Crippen LogP contribution is 2.47. The van der Waals surface area contributed by atoms with Gasteiger partial charge < -0.3 is 9.47 Å². The van der Waals surface area contributed by atoms with Crippen molar-refractivity contribution in [1.82, 2.24) is 0 Å². The molecule has 1 aromatic rings. The molecule has 1 aliphatic carbocycles. The summed E-state index contributed by atoms with van der Waals surface area (Å²) in [6.45, 7) is 0. The maximum Gasteiger partial charge on any atom is 0.180 e. The summed E-state index contributed by atoms with van der Waals surface area (Å²) in [6, 6.07) is 1.53. The van der Waals surface area contributed by atoms with Gasteiger partial charge >= 0.3 is 0 Å². The number of benzene rings is 1. The average Bonchev–Trinajstić information content (AvgIpc) is 2.85. The molecule has 1 unspecified atom stereocenters. The number of Topliss-reactive ketones (excluding diaryl/α,β-unsaturated/α-hetero) is 1. The van der Waals surface area contributed by atoms with Crippen molar-refractivity contribution in [3.63, 3.8) is 0 Å². The van der Waals surface area contributed by atoms with E-state index in [1.165, 1.54) is 20.3 Å². The van der Waals surface area contributed by atoms with E-state index in [9.17, 15) is 4.79 Å². The van der Waals surface area contributed by atoms with E-state index in [0.717, 1.165) is 25.7 Å². The SMILES string of the molecule is COc1c(Cl)cc(Cl)c(OC)c1C(=O)C1(P)CCCC1. The molecule has 0 bridgehead atoms. The van der Waals surface area contributed by atoms with Gasteiger partial charge in [0, 0.05) is 5.16 Å². The summed E-state index contributed by atoms with van der Waals surface area (Å²) in [7, 11) is 5.65. The number of hydrogen-bond donors (Lipinski definition) is 0. The smallest absolute Gasteiger partial charge is 0.180 e. The molecule has 1 aromatic carbocycles. The molecular formula is C14H17Cl2O3P. The summed E-state index contributed by atoms with van der Waals surface area (Å²) in [5.74, 6) is 0.608. The van der Waals surface area contributed by atoms with Gasteiger partial charge in [0.25, 0.3) is 0 Å². The second-order valence-corrected chi connectivity index (χ2v) is 6.89. The molecule has 0 heterocycles. The van der Waals surface area contributed by atoms with Gasteiger partial charge in [0.05, 0.1) is 24.3 Å². The van der Waals surface area contributed by atoms with Gasteiger partial charge in [-0.2, -0.15) is 0 Å². The molecule has 110 valence electrons. The Morgan fingerprint density at radius 3 is 2.00 bits per heavy atom. The van der Waals surface area contributed by atoms with E-state index in [-0.39, 0.29) is 5.78 Å². The van der Waals surface area contributed by atoms with Crippen LogP contribution in [0.1, 0.15) is 36.0 Å². The lowest BCUT2D eigenvalue weighted by Crippen LogP contribution is -2.29. The molecule has 1 fully saturated rings. The van der Waals surface area contributed by atoms with Gasteiger partial charge in [-0.05, 0) is 18.9 Å². The minimum absolute atomic E-state index is 0.0434. The lowest BCUT2D eigenvalue weighted by atomic mass is 9.93. The van der Waals surface area contributed by atoms with E-state index in [4.69, 9.17) is 32.7 Å². The Morgan fingerprint density at radius 1 is 1.15 bits per heavy atom. The fourth-order valence-corrected chi connectivity index (χ4v) is 3.84. The molecule has 1 atom stereocenters. The molecule has 20 heavy (non-hydrogen) atoms. The fraction of sp³-hybridized carbons (Fsp3) is 0.500. The van der Waals surface area contributed by atoms with Crippen LogP contribution in [0.2, 0.25) is 10.0 Å². The average molecular weight is 335 g/mol. The predicted octanol–water partition coefficient (Wildman–Crippen LogP) is 4.38. The molecule has 0 radical (unpaired) electrons. The van der Waals surface area contributed by atoms with Crippen LogP contribution in [0.4, 0.5) is 0 Å². The van der Waals surface area contributed by atoms with Gasteiger partial charge in [-0.25, -0.2) is 0 Å². The number of halogens is 2. The summed E-state index contributed by atoms with van der Waals surface area (Å²) in [5.41, 5.74) is 0.337. The van der Waals surface area contributed by atoms with Gasteiger partial charge in [0.2, 0.25) is 0 Å². The second-order valence-electron chi connectivity index (χ2n) is 4.97. The summed E-state index contributed by atoms with van der Waals surface area (Å²) in [6.07, 6.45) is 3.72. The van der Waals surface area contributed by atoms with Crippen LogP contribution in [0.25, 0.3) is 0 Å². The molecule has 0 N–H and O–H groups in total. The quantitative estimate of drug-likeness (QED) is 0.605. The third kappa shape index (κ3) is 2.64. The fourth-order valence-electron chi connectivity index (χ4n) is 2.67. The predicted molar refractivity (Wildman–Crippen MR) is 84.8 cm³/mol. The van der Waals surface area contributed by atoms with Crippen LogP contribution in [0.3, 0.4) is 0 Å². The van der Waals surface area contributed by atoms with Gasteiger partial charge in [-0.1, -0.05) is 36.0 Å². The van der Waals surface area contributed by atoms with Gasteiger partial charge in [0.15, 0.2) is 17.3 Å². The Morgan fingerprint density at radius 2 is 1.60 bits per heavy atom. The normalized spacial score (nSPS) is 17.1. The van der Waals surface area contributed by atoms with E-state index in [1.54, 1.807) is 0 Å². The number of hydrogen-bond acceptors (Lipinski definition) is 3. The molecule has 0 aromatic heterocycles. The summed E-state index contributed by atoms with van der Waals surface area (Å²) in [5, 5.41) is 0.149. The lowest BCUT2D eigenvalue weighted by molar-refractivity contribution is 0.0938. The molecule has 3 nitrogen and oxygen atoms in total. The number of ketones is 1. The highest BCUT2D eigenvalue weighted by Gasteiger charge is 2.40. The molecule has 0 amide bonds. The van der Waals surface area contributed by atoms with Crippen molar-refractivity contribution in [3.05, 3.63) is 21.7 Å². The summed E-state index contributed by atoms with van der Waals surface area (Å²) in [4.78, 5) is 12.9. The molecule has 1 aliphatic rings. The molecule has 0 aliphatic heterocycles. The highest BCUT2D eigenvalue weighted by atomic mass is 35.5. The number of ether oxygens (including phenoxy) is 2. The Bertz CT molecular complexity index is 511. The Kier molecular flexibility index (Phi) is 4.84. The molecule has 2 rings (SSSR count). The van der Waals surface area contributed by atoms with Gasteiger partial charge in [-0.15, -0.1) is 9.24 Å². The monoisotopic (exact) mass is 334 g/mol. The van der Waals surface area contributed by atoms with Crippen LogP contribution in [0, 0.1) is 0 Å². The third-order valence-corrected chi connectivity index (χ3v) is 5.13. The number of rotatable bonds is 4. The first-order valence-electron chi connectivity index (χ1n) is 6.38.